The lowest BCUT2D eigenvalue weighted by molar-refractivity contribution is 0.0827. The second-order valence-electron chi connectivity index (χ2n) is 5.60. The molecule has 4 nitrogen and oxygen atoms in total. The van der Waals surface area contributed by atoms with Crippen molar-refractivity contribution in [1.82, 2.24) is 4.98 Å². The fraction of sp³-hybridized carbons (Fsp3) is 0.353. The summed E-state index contributed by atoms with van der Waals surface area (Å²) >= 11 is 0. The monoisotopic (exact) mass is 282 g/mol. The number of fused-ring (bicyclic) bond motifs is 3. The quantitative estimate of drug-likeness (QED) is 0.917. The summed E-state index contributed by atoms with van der Waals surface area (Å²) in [5, 5.41) is 3.67. The molecule has 108 valence electrons. The van der Waals surface area contributed by atoms with Crippen LogP contribution in [0.4, 0.5) is 5.69 Å². The Morgan fingerprint density at radius 2 is 2.10 bits per heavy atom. The maximum atomic E-state index is 6.02. The van der Waals surface area contributed by atoms with Gasteiger partial charge in [0.15, 0.2) is 0 Å². The molecule has 2 aliphatic heterocycles. The summed E-state index contributed by atoms with van der Waals surface area (Å²) in [4.78, 5) is 4.12. The number of hydrogen-bond acceptors (Lipinski definition) is 4. The van der Waals surface area contributed by atoms with Crippen LogP contribution in [-0.2, 0) is 4.74 Å². The van der Waals surface area contributed by atoms with Gasteiger partial charge in [0.25, 0.3) is 0 Å². The average molecular weight is 282 g/mol. The number of benzene rings is 1. The van der Waals surface area contributed by atoms with Crippen LogP contribution < -0.4 is 10.1 Å². The average Bonchev–Trinajstić information content (AvgIpc) is 3.04. The summed E-state index contributed by atoms with van der Waals surface area (Å²) in [5.41, 5.74) is 3.62. The molecule has 0 amide bonds. The van der Waals surface area contributed by atoms with Crippen LogP contribution in [0.15, 0.2) is 42.7 Å². The number of ether oxygens (including phenoxy) is 2. The summed E-state index contributed by atoms with van der Waals surface area (Å²) in [6.45, 7) is 0.815. The second kappa shape index (κ2) is 5.04. The van der Waals surface area contributed by atoms with Crippen LogP contribution >= 0.6 is 0 Å². The predicted molar refractivity (Wildman–Crippen MR) is 80.4 cm³/mol. The van der Waals surface area contributed by atoms with Gasteiger partial charge in [0, 0.05) is 36.2 Å². The Morgan fingerprint density at radius 3 is 2.90 bits per heavy atom. The highest BCUT2D eigenvalue weighted by Crippen LogP contribution is 2.50. The van der Waals surface area contributed by atoms with Gasteiger partial charge in [-0.2, -0.15) is 0 Å². The molecule has 3 atom stereocenters. The third-order valence-electron chi connectivity index (χ3n) is 4.51. The third kappa shape index (κ3) is 2.07. The van der Waals surface area contributed by atoms with E-state index in [1.165, 1.54) is 11.1 Å². The van der Waals surface area contributed by atoms with Gasteiger partial charge in [-0.25, -0.2) is 0 Å². The lowest BCUT2D eigenvalue weighted by Gasteiger charge is -2.36. The fourth-order valence-corrected chi connectivity index (χ4v) is 3.48. The van der Waals surface area contributed by atoms with Crippen molar-refractivity contribution in [3.8, 4) is 5.75 Å². The first-order chi connectivity index (χ1) is 10.4. The van der Waals surface area contributed by atoms with E-state index in [4.69, 9.17) is 9.47 Å². The Hall–Kier alpha value is -2.07. The van der Waals surface area contributed by atoms with Gasteiger partial charge in [-0.05, 0) is 42.3 Å². The van der Waals surface area contributed by atoms with Gasteiger partial charge < -0.3 is 14.8 Å². The number of anilines is 1. The standard InChI is InChI=1S/C17H18N2O2/c1-20-12-2-3-15-14(10-12)17-13(6-9-21-17)16(19-15)11-4-7-18-8-5-11/h2-5,7-8,10,13,16-17,19H,6,9H2,1H3/t13-,16+,17+/m0/s1. The van der Waals surface area contributed by atoms with E-state index in [9.17, 15) is 0 Å². The summed E-state index contributed by atoms with van der Waals surface area (Å²) in [7, 11) is 1.70. The molecule has 0 bridgehead atoms. The molecule has 3 heterocycles. The number of pyridine rings is 1. The molecule has 0 aliphatic carbocycles. The van der Waals surface area contributed by atoms with Gasteiger partial charge in [-0.3, -0.25) is 4.98 Å². The molecule has 4 heteroatoms. The first-order valence-electron chi connectivity index (χ1n) is 7.33. The maximum Gasteiger partial charge on any atom is 0.119 e. The summed E-state index contributed by atoms with van der Waals surface area (Å²) < 4.78 is 11.4. The molecule has 21 heavy (non-hydrogen) atoms. The lowest BCUT2D eigenvalue weighted by atomic mass is 9.81. The van der Waals surface area contributed by atoms with Gasteiger partial charge in [0.1, 0.15) is 5.75 Å². The minimum absolute atomic E-state index is 0.148. The van der Waals surface area contributed by atoms with Crippen molar-refractivity contribution in [2.24, 2.45) is 5.92 Å². The van der Waals surface area contributed by atoms with Crippen LogP contribution in [0.2, 0.25) is 0 Å². The second-order valence-corrected chi connectivity index (χ2v) is 5.60. The van der Waals surface area contributed by atoms with E-state index in [2.05, 4.69) is 34.6 Å². The normalized spacial score (nSPS) is 26.6. The number of aromatic nitrogens is 1. The van der Waals surface area contributed by atoms with Crippen molar-refractivity contribution in [2.75, 3.05) is 19.0 Å². The molecule has 1 fully saturated rings. The highest BCUT2D eigenvalue weighted by atomic mass is 16.5. The number of nitrogens with one attached hydrogen (secondary N) is 1. The van der Waals surface area contributed by atoms with Gasteiger partial charge in [0.05, 0.1) is 19.3 Å². The van der Waals surface area contributed by atoms with Crippen LogP contribution in [-0.4, -0.2) is 18.7 Å². The van der Waals surface area contributed by atoms with E-state index < -0.39 is 0 Å². The SMILES string of the molecule is COc1ccc2c(c1)[C@@H]1OCC[C@H]1[C@@H](c1ccncc1)N2. The van der Waals surface area contributed by atoms with E-state index in [1.54, 1.807) is 7.11 Å². The van der Waals surface area contributed by atoms with E-state index >= 15 is 0 Å². The van der Waals surface area contributed by atoms with E-state index in [-0.39, 0.29) is 12.1 Å². The van der Waals surface area contributed by atoms with Crippen LogP contribution in [0.3, 0.4) is 0 Å². The van der Waals surface area contributed by atoms with Crippen LogP contribution in [0, 0.1) is 5.92 Å². The zero-order valence-corrected chi connectivity index (χ0v) is 12.0. The molecule has 1 aromatic heterocycles. The Morgan fingerprint density at radius 1 is 1.24 bits per heavy atom. The minimum atomic E-state index is 0.148. The smallest absolute Gasteiger partial charge is 0.119 e. The number of hydrogen-bond donors (Lipinski definition) is 1. The highest BCUT2D eigenvalue weighted by molar-refractivity contribution is 5.59. The predicted octanol–water partition coefficient (Wildman–Crippen LogP) is 3.33. The van der Waals surface area contributed by atoms with Gasteiger partial charge in [0.2, 0.25) is 0 Å². The van der Waals surface area contributed by atoms with Crippen LogP contribution in [0.25, 0.3) is 0 Å². The van der Waals surface area contributed by atoms with Crippen molar-refractivity contribution in [1.29, 1.82) is 0 Å². The first-order valence-corrected chi connectivity index (χ1v) is 7.33. The molecule has 0 saturated carbocycles. The zero-order valence-electron chi connectivity index (χ0n) is 12.0. The summed E-state index contributed by atoms with van der Waals surface area (Å²) in [5.74, 6) is 1.33. The fourth-order valence-electron chi connectivity index (χ4n) is 3.48. The number of rotatable bonds is 2. The Kier molecular flexibility index (Phi) is 3.04. The van der Waals surface area contributed by atoms with Crippen molar-refractivity contribution in [2.45, 2.75) is 18.6 Å². The molecule has 2 aromatic rings. The molecule has 0 spiro atoms. The molecular formula is C17H18N2O2. The van der Waals surface area contributed by atoms with E-state index in [0.717, 1.165) is 24.5 Å². The minimum Gasteiger partial charge on any atom is -0.497 e. The Balaban J connectivity index is 1.77. The van der Waals surface area contributed by atoms with Crippen molar-refractivity contribution in [3.63, 3.8) is 0 Å². The molecule has 1 N–H and O–H groups in total. The summed E-state index contributed by atoms with van der Waals surface area (Å²) in [6.07, 6.45) is 4.92. The highest BCUT2D eigenvalue weighted by Gasteiger charge is 2.41. The molecular weight excluding hydrogens is 264 g/mol. The van der Waals surface area contributed by atoms with Crippen molar-refractivity contribution >= 4 is 5.69 Å². The van der Waals surface area contributed by atoms with E-state index in [1.807, 2.05) is 18.5 Å². The number of methoxy groups -OCH3 is 1. The zero-order chi connectivity index (χ0) is 14.2. The molecule has 1 saturated heterocycles. The van der Waals surface area contributed by atoms with Crippen molar-refractivity contribution in [3.05, 3.63) is 53.9 Å². The van der Waals surface area contributed by atoms with Crippen LogP contribution in [0.1, 0.15) is 29.7 Å². The molecule has 4 rings (SSSR count). The molecule has 0 radical (unpaired) electrons. The molecule has 2 aliphatic rings. The van der Waals surface area contributed by atoms with Gasteiger partial charge >= 0.3 is 0 Å². The molecule has 0 unspecified atom stereocenters. The van der Waals surface area contributed by atoms with Crippen LogP contribution in [0.5, 0.6) is 5.75 Å². The third-order valence-corrected chi connectivity index (χ3v) is 4.51. The Bertz CT molecular complexity index is 644. The van der Waals surface area contributed by atoms with Gasteiger partial charge in [-0.15, -0.1) is 0 Å². The molecule has 1 aromatic carbocycles. The van der Waals surface area contributed by atoms with Gasteiger partial charge in [-0.1, -0.05) is 0 Å². The maximum absolute atomic E-state index is 6.02. The summed E-state index contributed by atoms with van der Waals surface area (Å²) in [6, 6.07) is 10.6. The van der Waals surface area contributed by atoms with E-state index in [0.29, 0.717) is 5.92 Å². The lowest BCUT2D eigenvalue weighted by Crippen LogP contribution is -2.29. The largest absolute Gasteiger partial charge is 0.497 e. The topological polar surface area (TPSA) is 43.4 Å². The first kappa shape index (κ1) is 12.7. The van der Waals surface area contributed by atoms with Crippen molar-refractivity contribution < 1.29 is 9.47 Å². The number of nitrogens with zero attached hydrogens (tertiary/aromatic N) is 1. The Labute approximate surface area is 124 Å².